The van der Waals surface area contributed by atoms with Gasteiger partial charge in [-0.3, -0.25) is 0 Å². The van der Waals surface area contributed by atoms with E-state index in [4.69, 9.17) is 4.74 Å². The van der Waals surface area contributed by atoms with Gasteiger partial charge in [-0.15, -0.1) is 0 Å². The van der Waals surface area contributed by atoms with Gasteiger partial charge in [0, 0.05) is 25.5 Å². The summed E-state index contributed by atoms with van der Waals surface area (Å²) in [6.45, 7) is 4.32. The maximum atomic E-state index is 13.5. The summed E-state index contributed by atoms with van der Waals surface area (Å²) in [6, 6.07) is 2.24. The third kappa shape index (κ3) is 4.48. The van der Waals surface area contributed by atoms with Crippen molar-refractivity contribution in [3.63, 3.8) is 0 Å². The molecule has 0 saturated carbocycles. The zero-order chi connectivity index (χ0) is 25.9. The molecule has 0 amide bonds. The summed E-state index contributed by atoms with van der Waals surface area (Å²) in [5.74, 6) is -0.530. The molecule has 0 unspecified atom stereocenters. The molecule has 1 aliphatic heterocycles. The lowest BCUT2D eigenvalue weighted by Crippen LogP contribution is -2.42. The van der Waals surface area contributed by atoms with Gasteiger partial charge in [-0.1, -0.05) is 13.8 Å². The highest BCUT2D eigenvalue weighted by Crippen LogP contribution is 2.39. The van der Waals surface area contributed by atoms with E-state index in [0.29, 0.717) is 16.9 Å². The molecule has 0 spiro atoms. The minimum Gasteiger partial charge on any atom is -0.465 e. The zero-order valence-electron chi connectivity index (χ0n) is 19.1. The molecule has 0 N–H and O–H groups in total. The number of carbonyl (C=O) groups is 1. The number of benzene rings is 1. The number of rotatable bonds is 4. The third-order valence-electron chi connectivity index (χ3n) is 5.74. The average molecular weight is 576 g/mol. The number of hydrogen-bond donors (Lipinski definition) is 0. The molecule has 188 valence electrons. The van der Waals surface area contributed by atoms with Gasteiger partial charge in [0.05, 0.1) is 39.1 Å². The number of ether oxygens (including phenoxy) is 1. The van der Waals surface area contributed by atoms with Crippen LogP contribution in [0.25, 0.3) is 11.0 Å². The lowest BCUT2D eigenvalue weighted by molar-refractivity contribution is -0.141. The van der Waals surface area contributed by atoms with E-state index in [1.807, 2.05) is 18.4 Å². The van der Waals surface area contributed by atoms with Crippen LogP contribution < -0.4 is 4.90 Å². The second-order valence-electron chi connectivity index (χ2n) is 8.47. The lowest BCUT2D eigenvalue weighted by atomic mass is 10.00. The first kappa shape index (κ1) is 25.4. The number of sulfone groups is 1. The summed E-state index contributed by atoms with van der Waals surface area (Å²) >= 11 is 2.86. The number of nitrogens with zero attached hydrogens (tertiary/aromatic N) is 5. The minimum absolute atomic E-state index is 0.0930. The Morgan fingerprint density at radius 1 is 1.23 bits per heavy atom. The Kier molecular flexibility index (Phi) is 6.32. The van der Waals surface area contributed by atoms with Gasteiger partial charge >= 0.3 is 12.1 Å². The predicted octanol–water partition coefficient (Wildman–Crippen LogP) is 4.02. The van der Waals surface area contributed by atoms with Gasteiger partial charge in [-0.05, 0) is 34.0 Å². The molecule has 0 aliphatic carbocycles. The maximum absolute atomic E-state index is 13.5. The Balaban J connectivity index is 1.90. The van der Waals surface area contributed by atoms with Crippen LogP contribution in [0.4, 0.5) is 19.1 Å². The van der Waals surface area contributed by atoms with Crippen LogP contribution in [0.15, 0.2) is 27.7 Å². The number of anilines is 1. The van der Waals surface area contributed by atoms with Gasteiger partial charge in [0.15, 0.2) is 15.5 Å². The number of alkyl halides is 3. The van der Waals surface area contributed by atoms with Gasteiger partial charge in [0.25, 0.3) is 0 Å². The van der Waals surface area contributed by atoms with E-state index in [2.05, 4.69) is 30.9 Å². The molecule has 1 aliphatic rings. The number of carbonyl (C=O) groups excluding carboxylic acids is 1. The quantitative estimate of drug-likeness (QED) is 0.429. The second kappa shape index (κ2) is 8.73. The van der Waals surface area contributed by atoms with E-state index < -0.39 is 33.7 Å². The fourth-order valence-electron chi connectivity index (χ4n) is 4.27. The van der Waals surface area contributed by atoms with Crippen LogP contribution >= 0.6 is 15.9 Å². The standard InChI is InChI=1S/C21H21BrF3N5O4S/c1-10(2)16-18-27-13-7-11(19(31)34-3)15(35(4,32)33)8-14(13)29(18)5-6-30(16)20-26-9-12(22)17(28-20)21(23,24)25/h7-10,16H,5-6H2,1-4H3/t16-/m1/s1. The van der Waals surface area contributed by atoms with Crippen LogP contribution in [0, 0.1) is 5.92 Å². The molecule has 0 radical (unpaired) electrons. The van der Waals surface area contributed by atoms with Gasteiger partial charge in [-0.25, -0.2) is 28.2 Å². The van der Waals surface area contributed by atoms with Gasteiger partial charge in [0.1, 0.15) is 5.82 Å². The predicted molar refractivity (Wildman–Crippen MR) is 124 cm³/mol. The van der Waals surface area contributed by atoms with E-state index in [1.165, 1.54) is 12.1 Å². The summed E-state index contributed by atoms with van der Waals surface area (Å²) in [5, 5.41) is 0. The van der Waals surface area contributed by atoms with Crippen molar-refractivity contribution in [2.45, 2.75) is 37.5 Å². The van der Waals surface area contributed by atoms with Gasteiger partial charge < -0.3 is 14.2 Å². The molecule has 1 atom stereocenters. The Labute approximate surface area is 207 Å². The van der Waals surface area contributed by atoms with Crippen molar-refractivity contribution in [3.05, 3.63) is 39.9 Å². The van der Waals surface area contributed by atoms with Crippen molar-refractivity contribution in [3.8, 4) is 0 Å². The normalized spacial score (nSPS) is 16.6. The number of aromatic nitrogens is 4. The molecule has 4 rings (SSSR count). The molecule has 0 fully saturated rings. The van der Waals surface area contributed by atoms with Crippen molar-refractivity contribution >= 4 is 48.7 Å². The maximum Gasteiger partial charge on any atom is 0.434 e. The summed E-state index contributed by atoms with van der Waals surface area (Å²) in [6.07, 6.45) is -2.60. The first-order valence-corrected chi connectivity index (χ1v) is 13.1. The van der Waals surface area contributed by atoms with Crippen LogP contribution in [-0.2, 0) is 27.3 Å². The number of methoxy groups -OCH3 is 1. The number of imidazole rings is 1. The summed E-state index contributed by atoms with van der Waals surface area (Å²) in [5.41, 5.74) is -0.356. The van der Waals surface area contributed by atoms with Gasteiger partial charge in [-0.2, -0.15) is 13.2 Å². The molecule has 3 heterocycles. The topological polar surface area (TPSA) is 107 Å². The van der Waals surface area contributed by atoms with E-state index >= 15 is 0 Å². The first-order valence-electron chi connectivity index (χ1n) is 10.4. The minimum atomic E-state index is -4.67. The molecule has 14 heteroatoms. The molecule has 1 aromatic carbocycles. The Morgan fingerprint density at radius 3 is 2.49 bits per heavy atom. The molecular formula is C21H21BrF3N5O4S. The number of esters is 1. The lowest BCUT2D eigenvalue weighted by Gasteiger charge is -2.38. The Hall–Kier alpha value is -2.74. The fourth-order valence-corrected chi connectivity index (χ4v) is 5.55. The van der Waals surface area contributed by atoms with Crippen molar-refractivity contribution in [1.82, 2.24) is 19.5 Å². The van der Waals surface area contributed by atoms with Crippen LogP contribution in [0.3, 0.4) is 0 Å². The van der Waals surface area contributed by atoms with E-state index in [-0.39, 0.29) is 39.9 Å². The second-order valence-corrected chi connectivity index (χ2v) is 11.3. The molecule has 35 heavy (non-hydrogen) atoms. The largest absolute Gasteiger partial charge is 0.465 e. The molecular weight excluding hydrogens is 555 g/mol. The first-order chi connectivity index (χ1) is 16.2. The van der Waals surface area contributed by atoms with Crippen molar-refractivity contribution in [2.75, 3.05) is 24.8 Å². The summed E-state index contributed by atoms with van der Waals surface area (Å²) in [7, 11) is -2.62. The number of hydrogen-bond acceptors (Lipinski definition) is 8. The summed E-state index contributed by atoms with van der Waals surface area (Å²) < 4.78 is 71.5. The molecule has 2 aromatic heterocycles. The Bertz CT molecular complexity index is 1440. The molecule has 0 bridgehead atoms. The number of halogens is 4. The fraction of sp³-hybridized carbons (Fsp3) is 0.429. The van der Waals surface area contributed by atoms with Crippen LogP contribution in [0.1, 0.15) is 41.8 Å². The van der Waals surface area contributed by atoms with E-state index in [0.717, 1.165) is 19.6 Å². The average Bonchev–Trinajstić information content (AvgIpc) is 3.13. The highest BCUT2D eigenvalue weighted by Gasteiger charge is 2.39. The SMILES string of the molecule is COC(=O)c1cc2nc3n(c2cc1S(C)(=O)=O)CCN(c1ncc(Br)c(C(F)(F)F)n1)[C@@H]3C(C)C. The molecule has 9 nitrogen and oxygen atoms in total. The highest BCUT2D eigenvalue weighted by molar-refractivity contribution is 9.10. The smallest absolute Gasteiger partial charge is 0.434 e. The monoisotopic (exact) mass is 575 g/mol. The number of fused-ring (bicyclic) bond motifs is 3. The zero-order valence-corrected chi connectivity index (χ0v) is 21.5. The van der Waals surface area contributed by atoms with E-state index in [9.17, 15) is 26.4 Å². The van der Waals surface area contributed by atoms with Crippen LogP contribution in [-0.4, -0.2) is 53.8 Å². The highest BCUT2D eigenvalue weighted by atomic mass is 79.9. The van der Waals surface area contributed by atoms with Crippen LogP contribution in [0.2, 0.25) is 0 Å². The third-order valence-corrected chi connectivity index (χ3v) is 7.45. The van der Waals surface area contributed by atoms with Gasteiger partial charge in [0.2, 0.25) is 5.95 Å². The van der Waals surface area contributed by atoms with Crippen molar-refractivity contribution < 1.29 is 31.1 Å². The van der Waals surface area contributed by atoms with Crippen molar-refractivity contribution in [2.24, 2.45) is 5.92 Å². The van der Waals surface area contributed by atoms with Crippen molar-refractivity contribution in [1.29, 1.82) is 0 Å². The molecule has 3 aromatic rings. The summed E-state index contributed by atoms with van der Waals surface area (Å²) in [4.78, 5) is 26.3. The van der Waals surface area contributed by atoms with E-state index in [1.54, 1.807) is 4.90 Å². The molecule has 0 saturated heterocycles. The Morgan fingerprint density at radius 2 is 1.91 bits per heavy atom. The van der Waals surface area contributed by atoms with Crippen LogP contribution in [0.5, 0.6) is 0 Å².